The first kappa shape index (κ1) is 9.50. The number of alkyl halides is 1. The molecule has 0 aliphatic carbocycles. The van der Waals surface area contributed by atoms with Gasteiger partial charge in [0.05, 0.1) is 0 Å². The summed E-state index contributed by atoms with van der Waals surface area (Å²) in [6.45, 7) is 3.82. The van der Waals surface area contributed by atoms with Gasteiger partial charge in [-0.1, -0.05) is 11.6 Å². The highest BCUT2D eigenvalue weighted by Crippen LogP contribution is 2.04. The summed E-state index contributed by atoms with van der Waals surface area (Å²) < 4.78 is 0. The second-order valence-corrected chi connectivity index (χ2v) is 2.85. The molecule has 0 spiro atoms. The molecule has 0 aromatic carbocycles. The molecular formula is C7H11ClO2. The van der Waals surface area contributed by atoms with Crippen LogP contribution in [0.3, 0.4) is 0 Å². The lowest BCUT2D eigenvalue weighted by molar-refractivity contribution is -0.136. The molecule has 0 fully saturated rings. The lowest BCUT2D eigenvalue weighted by atomic mass is 10.2. The number of hydrogen-bond acceptors (Lipinski definition) is 1. The molecule has 0 rings (SSSR count). The van der Waals surface area contributed by atoms with Crippen LogP contribution >= 0.6 is 11.6 Å². The topological polar surface area (TPSA) is 37.3 Å². The van der Waals surface area contributed by atoms with E-state index in [9.17, 15) is 4.79 Å². The van der Waals surface area contributed by atoms with Gasteiger partial charge in [0.2, 0.25) is 0 Å². The van der Waals surface area contributed by atoms with E-state index in [0.29, 0.717) is 6.42 Å². The number of aliphatic carboxylic acids is 1. The maximum Gasteiger partial charge on any atom is 0.321 e. The highest BCUT2D eigenvalue weighted by Gasteiger charge is 2.10. The van der Waals surface area contributed by atoms with Crippen molar-refractivity contribution in [1.29, 1.82) is 0 Å². The maximum absolute atomic E-state index is 10.2. The summed E-state index contributed by atoms with van der Waals surface area (Å²) in [4.78, 5) is 10.2. The lowest BCUT2D eigenvalue weighted by Crippen LogP contribution is -2.11. The van der Waals surface area contributed by atoms with Gasteiger partial charge in [0.1, 0.15) is 5.38 Å². The zero-order chi connectivity index (χ0) is 8.15. The second-order valence-electron chi connectivity index (χ2n) is 2.32. The molecule has 0 bridgehead atoms. The van der Waals surface area contributed by atoms with E-state index in [1.54, 1.807) is 0 Å². The highest BCUT2D eigenvalue weighted by atomic mass is 35.5. The average molecular weight is 163 g/mol. The fourth-order valence-corrected chi connectivity index (χ4v) is 0.529. The van der Waals surface area contributed by atoms with Crippen LogP contribution in [-0.2, 0) is 4.79 Å². The Morgan fingerprint density at radius 3 is 2.50 bits per heavy atom. The molecule has 0 aromatic heterocycles. The standard InChI is InChI=1S/C7H11ClO2/c1-5(2)3-4-6(8)7(9)10/h3,6H,4H2,1-2H3,(H,9,10). The van der Waals surface area contributed by atoms with Crippen molar-refractivity contribution in [2.24, 2.45) is 0 Å². The van der Waals surface area contributed by atoms with Gasteiger partial charge in [-0.15, -0.1) is 11.6 Å². The van der Waals surface area contributed by atoms with E-state index < -0.39 is 11.3 Å². The molecule has 1 unspecified atom stereocenters. The van der Waals surface area contributed by atoms with Crippen LogP contribution < -0.4 is 0 Å². The average Bonchev–Trinajstić information content (AvgIpc) is 1.82. The van der Waals surface area contributed by atoms with Gasteiger partial charge in [0, 0.05) is 0 Å². The van der Waals surface area contributed by atoms with Gasteiger partial charge in [-0.05, 0) is 20.3 Å². The quantitative estimate of drug-likeness (QED) is 0.510. The molecule has 0 radical (unpaired) electrons. The predicted molar refractivity (Wildman–Crippen MR) is 41.3 cm³/mol. The van der Waals surface area contributed by atoms with E-state index in [1.165, 1.54) is 0 Å². The third-order valence-corrected chi connectivity index (χ3v) is 1.37. The van der Waals surface area contributed by atoms with Crippen LogP contribution in [0.25, 0.3) is 0 Å². The van der Waals surface area contributed by atoms with Crippen LogP contribution in [0.15, 0.2) is 11.6 Å². The van der Waals surface area contributed by atoms with Gasteiger partial charge >= 0.3 is 5.97 Å². The van der Waals surface area contributed by atoms with Gasteiger partial charge in [-0.2, -0.15) is 0 Å². The first-order chi connectivity index (χ1) is 4.54. The SMILES string of the molecule is CC(C)=CCC(Cl)C(=O)O. The zero-order valence-electron chi connectivity index (χ0n) is 6.10. The molecule has 0 heterocycles. The van der Waals surface area contributed by atoms with Crippen molar-refractivity contribution >= 4 is 17.6 Å². The van der Waals surface area contributed by atoms with Crippen molar-refractivity contribution in [2.45, 2.75) is 25.6 Å². The molecule has 0 aliphatic heterocycles. The molecule has 0 saturated carbocycles. The van der Waals surface area contributed by atoms with Crippen LogP contribution in [-0.4, -0.2) is 16.5 Å². The summed E-state index contributed by atoms with van der Waals surface area (Å²) in [5.74, 6) is -0.959. The fourth-order valence-electron chi connectivity index (χ4n) is 0.440. The van der Waals surface area contributed by atoms with E-state index in [-0.39, 0.29) is 0 Å². The van der Waals surface area contributed by atoms with Crippen molar-refractivity contribution in [2.75, 3.05) is 0 Å². The van der Waals surface area contributed by atoms with Gasteiger partial charge in [0.25, 0.3) is 0 Å². The summed E-state index contributed by atoms with van der Waals surface area (Å²) in [6, 6.07) is 0. The van der Waals surface area contributed by atoms with Crippen molar-refractivity contribution in [3.8, 4) is 0 Å². The Labute approximate surface area is 65.5 Å². The van der Waals surface area contributed by atoms with Gasteiger partial charge in [-0.3, -0.25) is 4.79 Å². The van der Waals surface area contributed by atoms with Gasteiger partial charge in [0.15, 0.2) is 0 Å². The largest absolute Gasteiger partial charge is 0.480 e. The van der Waals surface area contributed by atoms with E-state index in [0.717, 1.165) is 5.57 Å². The number of carboxylic acids is 1. The van der Waals surface area contributed by atoms with Crippen LogP contribution in [0.4, 0.5) is 0 Å². The smallest absolute Gasteiger partial charge is 0.321 e. The molecule has 58 valence electrons. The molecule has 2 nitrogen and oxygen atoms in total. The lowest BCUT2D eigenvalue weighted by Gasteiger charge is -1.98. The van der Waals surface area contributed by atoms with E-state index >= 15 is 0 Å². The van der Waals surface area contributed by atoms with Gasteiger partial charge < -0.3 is 5.11 Å². The van der Waals surface area contributed by atoms with Crippen molar-refractivity contribution in [1.82, 2.24) is 0 Å². The van der Waals surface area contributed by atoms with Crippen LogP contribution in [0.5, 0.6) is 0 Å². The minimum atomic E-state index is -0.959. The predicted octanol–water partition coefficient (Wildman–Crippen LogP) is 2.03. The maximum atomic E-state index is 10.2. The Bertz CT molecular complexity index is 148. The third kappa shape index (κ3) is 4.39. The van der Waals surface area contributed by atoms with Crippen LogP contribution in [0.2, 0.25) is 0 Å². The summed E-state index contributed by atoms with van der Waals surface area (Å²) >= 11 is 5.42. The highest BCUT2D eigenvalue weighted by molar-refractivity contribution is 6.29. The first-order valence-corrected chi connectivity index (χ1v) is 3.48. The molecule has 1 atom stereocenters. The van der Waals surface area contributed by atoms with Crippen molar-refractivity contribution in [3.63, 3.8) is 0 Å². The van der Waals surface area contributed by atoms with Gasteiger partial charge in [-0.25, -0.2) is 0 Å². The number of rotatable bonds is 3. The number of allylic oxidation sites excluding steroid dienone is 2. The minimum Gasteiger partial charge on any atom is -0.480 e. The summed E-state index contributed by atoms with van der Waals surface area (Å²) in [7, 11) is 0. The summed E-state index contributed by atoms with van der Waals surface area (Å²) in [5.41, 5.74) is 1.09. The molecule has 0 saturated heterocycles. The monoisotopic (exact) mass is 162 g/mol. The van der Waals surface area contributed by atoms with Crippen molar-refractivity contribution in [3.05, 3.63) is 11.6 Å². The first-order valence-electron chi connectivity index (χ1n) is 3.04. The van der Waals surface area contributed by atoms with Crippen LogP contribution in [0, 0.1) is 0 Å². The Morgan fingerprint density at radius 1 is 1.70 bits per heavy atom. The second kappa shape index (κ2) is 4.34. The Hall–Kier alpha value is -0.500. The third-order valence-electron chi connectivity index (χ3n) is 1.00. The number of carbonyl (C=O) groups is 1. The fraction of sp³-hybridized carbons (Fsp3) is 0.571. The molecule has 1 N–H and O–H groups in total. The number of hydrogen-bond donors (Lipinski definition) is 1. The molecule has 0 aliphatic rings. The Balaban J connectivity index is 3.70. The number of carboxylic acid groups (broad SMARTS) is 1. The Morgan fingerprint density at radius 2 is 2.20 bits per heavy atom. The molecule has 10 heavy (non-hydrogen) atoms. The van der Waals surface area contributed by atoms with Crippen LogP contribution in [0.1, 0.15) is 20.3 Å². The number of halogens is 1. The Kier molecular flexibility index (Phi) is 4.12. The van der Waals surface area contributed by atoms with Crippen molar-refractivity contribution < 1.29 is 9.90 Å². The minimum absolute atomic E-state index is 0.402. The summed E-state index contributed by atoms with van der Waals surface area (Å²) in [6.07, 6.45) is 2.21. The van der Waals surface area contributed by atoms with E-state index in [2.05, 4.69) is 0 Å². The molecule has 0 aromatic rings. The van der Waals surface area contributed by atoms with E-state index in [4.69, 9.17) is 16.7 Å². The summed E-state index contributed by atoms with van der Waals surface area (Å²) in [5, 5.41) is 7.55. The van der Waals surface area contributed by atoms with E-state index in [1.807, 2.05) is 19.9 Å². The molecule has 3 heteroatoms. The normalized spacial score (nSPS) is 12.3. The molecular weight excluding hydrogens is 152 g/mol. The molecule has 0 amide bonds. The zero-order valence-corrected chi connectivity index (χ0v) is 6.85.